The number of nitrogens with zero attached hydrogens (tertiary/aromatic N) is 2. The van der Waals surface area contributed by atoms with E-state index in [1.807, 2.05) is 0 Å². The van der Waals surface area contributed by atoms with Gasteiger partial charge in [-0.2, -0.15) is 5.26 Å². The summed E-state index contributed by atoms with van der Waals surface area (Å²) in [6.45, 7) is 1.64. The summed E-state index contributed by atoms with van der Waals surface area (Å²) in [6.07, 6.45) is -1.16. The fourth-order valence-corrected chi connectivity index (χ4v) is 0.989. The Morgan fingerprint density at radius 3 is 2.58 bits per heavy atom. The molecule has 0 unspecified atom stereocenters. The van der Waals surface area contributed by atoms with E-state index < -0.39 is 17.8 Å². The molecule has 1 aromatic rings. The number of carbonyl (C=O) groups excluding carboxylic acids is 2. The van der Waals surface area contributed by atoms with Gasteiger partial charge in [-0.15, -0.1) is 0 Å². The third-order valence-corrected chi connectivity index (χ3v) is 1.73. The van der Waals surface area contributed by atoms with Crippen LogP contribution in [0.15, 0.2) is 35.5 Å². The summed E-state index contributed by atoms with van der Waals surface area (Å²) in [5, 5.41) is 11.7. The Balaban J connectivity index is 2.57. The molecule has 7 heteroatoms. The van der Waals surface area contributed by atoms with Crippen molar-refractivity contribution in [3.63, 3.8) is 0 Å². The number of esters is 1. The summed E-state index contributed by atoms with van der Waals surface area (Å²) in [4.78, 5) is 26.6. The molecule has 0 heterocycles. The summed E-state index contributed by atoms with van der Waals surface area (Å²) >= 11 is 0. The first-order valence-corrected chi connectivity index (χ1v) is 5.26. The van der Waals surface area contributed by atoms with Gasteiger partial charge >= 0.3 is 12.1 Å². The van der Waals surface area contributed by atoms with Gasteiger partial charge in [0.1, 0.15) is 11.8 Å². The van der Waals surface area contributed by atoms with Crippen molar-refractivity contribution in [3.8, 4) is 11.8 Å². The second-order valence-corrected chi connectivity index (χ2v) is 3.03. The van der Waals surface area contributed by atoms with Gasteiger partial charge in [-0.05, 0) is 19.1 Å². The van der Waals surface area contributed by atoms with E-state index in [1.54, 1.807) is 25.1 Å². The molecule has 0 spiro atoms. The van der Waals surface area contributed by atoms with Crippen molar-refractivity contribution in [2.75, 3.05) is 6.61 Å². The number of hydrogen-bond donors (Lipinski definition) is 0. The number of nitriles is 1. The Kier molecular flexibility index (Phi) is 5.56. The Morgan fingerprint density at radius 2 is 2.00 bits per heavy atom. The Bertz CT molecular complexity index is 519. The van der Waals surface area contributed by atoms with E-state index in [0.717, 1.165) is 0 Å². The molecular weight excluding hydrogens is 252 g/mol. The first kappa shape index (κ1) is 14.2. The maximum absolute atomic E-state index is 11.2. The van der Waals surface area contributed by atoms with Gasteiger partial charge in [0.15, 0.2) is 0 Å². The van der Waals surface area contributed by atoms with Crippen LogP contribution < -0.4 is 4.74 Å². The lowest BCUT2D eigenvalue weighted by Crippen LogP contribution is -2.17. The minimum atomic E-state index is -1.16. The molecule has 1 rings (SSSR count). The lowest BCUT2D eigenvalue weighted by Gasteiger charge is -2.01. The van der Waals surface area contributed by atoms with E-state index >= 15 is 0 Å². The van der Waals surface area contributed by atoms with Crippen LogP contribution in [-0.4, -0.2) is 24.4 Å². The number of benzene rings is 1. The molecule has 7 nitrogen and oxygen atoms in total. The third-order valence-electron chi connectivity index (χ3n) is 1.73. The minimum absolute atomic E-state index is 0.0774. The van der Waals surface area contributed by atoms with Crippen LogP contribution in [0.1, 0.15) is 6.92 Å². The molecule has 0 bridgehead atoms. The summed E-state index contributed by atoms with van der Waals surface area (Å²) in [5.41, 5.74) is -0.674. The number of hydrogen-bond acceptors (Lipinski definition) is 7. The first-order valence-electron chi connectivity index (χ1n) is 5.26. The van der Waals surface area contributed by atoms with Gasteiger partial charge in [0.2, 0.25) is 0 Å². The molecule has 0 saturated heterocycles. The van der Waals surface area contributed by atoms with Gasteiger partial charge in [-0.25, -0.2) is 9.59 Å². The van der Waals surface area contributed by atoms with Gasteiger partial charge in [0.25, 0.3) is 5.71 Å². The quantitative estimate of drug-likeness (QED) is 0.269. The smallest absolute Gasteiger partial charge is 0.461 e. The monoisotopic (exact) mass is 262 g/mol. The van der Waals surface area contributed by atoms with Crippen molar-refractivity contribution in [2.45, 2.75) is 6.92 Å². The number of carbonyl (C=O) groups is 2. The molecule has 0 N–H and O–H groups in total. The maximum Gasteiger partial charge on any atom is 0.540 e. The highest BCUT2D eigenvalue weighted by Crippen LogP contribution is 2.09. The molecule has 0 radical (unpaired) electrons. The van der Waals surface area contributed by atoms with E-state index in [-0.39, 0.29) is 12.4 Å². The molecule has 19 heavy (non-hydrogen) atoms. The van der Waals surface area contributed by atoms with Crippen LogP contribution >= 0.6 is 0 Å². The normalized spacial score (nSPS) is 10.2. The molecule has 0 aromatic heterocycles. The van der Waals surface area contributed by atoms with Gasteiger partial charge in [-0.1, -0.05) is 23.4 Å². The molecule has 0 aliphatic rings. The maximum atomic E-state index is 11.2. The topological polar surface area (TPSA) is 98.0 Å². The minimum Gasteiger partial charge on any atom is -0.461 e. The molecule has 1 aromatic carbocycles. The highest BCUT2D eigenvalue weighted by atomic mass is 16.8. The third kappa shape index (κ3) is 4.87. The summed E-state index contributed by atoms with van der Waals surface area (Å²) < 4.78 is 9.24. The van der Waals surface area contributed by atoms with Crippen molar-refractivity contribution in [1.82, 2.24) is 0 Å². The van der Waals surface area contributed by atoms with Crippen molar-refractivity contribution in [1.29, 1.82) is 5.26 Å². The molecule has 0 amide bonds. The Morgan fingerprint density at radius 1 is 1.32 bits per heavy atom. The molecule has 0 aliphatic heterocycles. The predicted octanol–water partition coefficient (Wildman–Crippen LogP) is 1.64. The number of ether oxygens (including phenoxy) is 2. The number of para-hydroxylation sites is 1. The van der Waals surface area contributed by atoms with Crippen molar-refractivity contribution < 1.29 is 23.9 Å². The van der Waals surface area contributed by atoms with Gasteiger partial charge in [0, 0.05) is 0 Å². The number of oxime groups is 1. The van der Waals surface area contributed by atoms with Crippen LogP contribution in [0.4, 0.5) is 4.79 Å². The van der Waals surface area contributed by atoms with Crippen molar-refractivity contribution in [3.05, 3.63) is 30.3 Å². The van der Waals surface area contributed by atoms with Crippen LogP contribution in [0.3, 0.4) is 0 Å². The predicted molar refractivity (Wildman–Crippen MR) is 63.2 cm³/mol. The zero-order chi connectivity index (χ0) is 14.1. The van der Waals surface area contributed by atoms with Crippen molar-refractivity contribution >= 4 is 17.8 Å². The van der Waals surface area contributed by atoms with E-state index in [0.29, 0.717) is 0 Å². The standard InChI is InChI=1S/C12H10N2O5/c1-2-17-11(15)10(8-13)14-19-12(16)18-9-6-4-3-5-7-9/h3-7H,2H2,1H3. The largest absolute Gasteiger partial charge is 0.540 e. The van der Waals surface area contributed by atoms with Crippen LogP contribution in [0.25, 0.3) is 0 Å². The molecular formula is C12H10N2O5. The van der Waals surface area contributed by atoms with E-state index in [2.05, 4.69) is 14.7 Å². The Hall–Kier alpha value is -2.88. The van der Waals surface area contributed by atoms with Gasteiger partial charge < -0.3 is 9.47 Å². The fourth-order valence-electron chi connectivity index (χ4n) is 0.989. The summed E-state index contributed by atoms with van der Waals surface area (Å²) in [7, 11) is 0. The van der Waals surface area contributed by atoms with Crippen LogP contribution in [0.2, 0.25) is 0 Å². The summed E-state index contributed by atoms with van der Waals surface area (Å²) in [6, 6.07) is 9.56. The van der Waals surface area contributed by atoms with E-state index in [9.17, 15) is 9.59 Å². The van der Waals surface area contributed by atoms with Crippen LogP contribution in [-0.2, 0) is 14.4 Å². The van der Waals surface area contributed by atoms with Crippen LogP contribution in [0.5, 0.6) is 5.75 Å². The first-order chi connectivity index (χ1) is 9.17. The average Bonchev–Trinajstić information content (AvgIpc) is 2.41. The van der Waals surface area contributed by atoms with E-state index in [1.165, 1.54) is 18.2 Å². The molecule has 0 fully saturated rings. The summed E-state index contributed by atoms with van der Waals surface area (Å²) in [5.74, 6) is -0.727. The second-order valence-electron chi connectivity index (χ2n) is 3.03. The van der Waals surface area contributed by atoms with E-state index in [4.69, 9.17) is 10.00 Å². The zero-order valence-electron chi connectivity index (χ0n) is 10.0. The Labute approximate surface area is 109 Å². The highest BCUT2D eigenvalue weighted by Gasteiger charge is 2.14. The molecule has 0 atom stereocenters. The lowest BCUT2D eigenvalue weighted by molar-refractivity contribution is -0.135. The lowest BCUT2D eigenvalue weighted by atomic mass is 10.3. The second kappa shape index (κ2) is 7.45. The fraction of sp³-hybridized carbons (Fsp3) is 0.167. The molecule has 98 valence electrons. The zero-order valence-corrected chi connectivity index (χ0v) is 10.0. The SMILES string of the molecule is CCOC(=O)C(C#N)=NOC(=O)Oc1ccccc1. The molecule has 0 saturated carbocycles. The van der Waals surface area contributed by atoms with Gasteiger partial charge in [0.05, 0.1) is 6.61 Å². The number of rotatable bonds is 4. The highest BCUT2D eigenvalue weighted by molar-refractivity contribution is 6.42. The van der Waals surface area contributed by atoms with Gasteiger partial charge in [-0.3, -0.25) is 4.84 Å². The molecule has 0 aliphatic carbocycles. The average molecular weight is 262 g/mol. The van der Waals surface area contributed by atoms with Crippen LogP contribution in [0, 0.1) is 11.3 Å². The van der Waals surface area contributed by atoms with Crippen molar-refractivity contribution in [2.24, 2.45) is 5.16 Å².